The van der Waals surface area contributed by atoms with Gasteiger partial charge in [0, 0.05) is 0 Å². The lowest BCUT2D eigenvalue weighted by Crippen LogP contribution is -2.44. The van der Waals surface area contributed by atoms with Crippen LogP contribution in [0, 0.1) is 0 Å². The Kier molecular flexibility index (Phi) is 6.91. The second kappa shape index (κ2) is 9.33. The summed E-state index contributed by atoms with van der Waals surface area (Å²) in [7, 11) is 0. The first kappa shape index (κ1) is 23.0. The number of hydrogen-bond donors (Lipinski definition) is 0. The molecule has 7 heteroatoms. The van der Waals surface area contributed by atoms with E-state index >= 15 is 0 Å². The van der Waals surface area contributed by atoms with E-state index in [1.54, 1.807) is 0 Å². The van der Waals surface area contributed by atoms with Crippen LogP contribution in [0.2, 0.25) is 0 Å². The van der Waals surface area contributed by atoms with Gasteiger partial charge >= 0.3 is 0 Å². The minimum absolute atomic E-state index is 0.236. The maximum atomic E-state index is 6.34. The average molecular weight is 437 g/mol. The average Bonchev–Trinajstić information content (AvgIpc) is 3.33. The van der Waals surface area contributed by atoms with Crippen molar-refractivity contribution in [2.45, 2.75) is 103 Å². The third kappa shape index (κ3) is 5.59. The van der Waals surface area contributed by atoms with Gasteiger partial charge in [-0.2, -0.15) is 0 Å². The van der Waals surface area contributed by atoms with Gasteiger partial charge < -0.3 is 33.2 Å². The molecule has 3 fully saturated rings. The van der Waals surface area contributed by atoms with Crippen molar-refractivity contribution < 1.29 is 33.2 Å². The second-order valence-electron chi connectivity index (χ2n) is 9.41. The standard InChI is InChI=1S/C24H36O7/c1-6-7-8-13-25-17-11-9-16(10-12-17)14-26-20-19(18-15-27-23(2,3)29-18)28-22-21(20)30-24(4,5)31-22/h9-12,18-22H,6-8,13-15H2,1-5H3/t18-,19+,20+,21+,22-/m0/s1. The highest BCUT2D eigenvalue weighted by Gasteiger charge is 2.58. The highest BCUT2D eigenvalue weighted by molar-refractivity contribution is 5.26. The maximum Gasteiger partial charge on any atom is 0.190 e. The molecule has 0 saturated carbocycles. The van der Waals surface area contributed by atoms with Crippen molar-refractivity contribution in [3.63, 3.8) is 0 Å². The van der Waals surface area contributed by atoms with Crippen LogP contribution in [0.3, 0.4) is 0 Å². The van der Waals surface area contributed by atoms with Crippen molar-refractivity contribution in [3.8, 4) is 5.75 Å². The molecule has 3 saturated heterocycles. The van der Waals surface area contributed by atoms with Crippen LogP contribution in [0.5, 0.6) is 5.75 Å². The van der Waals surface area contributed by atoms with Crippen LogP contribution >= 0.6 is 0 Å². The first-order valence-corrected chi connectivity index (χ1v) is 11.4. The molecule has 31 heavy (non-hydrogen) atoms. The molecule has 5 atom stereocenters. The van der Waals surface area contributed by atoms with Gasteiger partial charge in [-0.05, 0) is 51.8 Å². The zero-order chi connectivity index (χ0) is 22.1. The van der Waals surface area contributed by atoms with E-state index in [1.165, 1.54) is 12.8 Å². The number of benzene rings is 1. The molecule has 0 amide bonds. The van der Waals surface area contributed by atoms with Crippen molar-refractivity contribution in [1.82, 2.24) is 0 Å². The molecule has 3 aliphatic rings. The Hall–Kier alpha value is -1.22. The van der Waals surface area contributed by atoms with Gasteiger partial charge in [-0.1, -0.05) is 31.9 Å². The molecule has 7 nitrogen and oxygen atoms in total. The summed E-state index contributed by atoms with van der Waals surface area (Å²) < 4.78 is 42.2. The highest BCUT2D eigenvalue weighted by Crippen LogP contribution is 2.42. The first-order chi connectivity index (χ1) is 14.8. The molecular weight excluding hydrogens is 400 g/mol. The number of hydrogen-bond acceptors (Lipinski definition) is 7. The fourth-order valence-corrected chi connectivity index (χ4v) is 4.29. The normalized spacial score (nSPS) is 33.5. The summed E-state index contributed by atoms with van der Waals surface area (Å²) in [5, 5.41) is 0. The van der Waals surface area contributed by atoms with Gasteiger partial charge in [-0.3, -0.25) is 0 Å². The van der Waals surface area contributed by atoms with Crippen LogP contribution < -0.4 is 4.74 Å². The van der Waals surface area contributed by atoms with E-state index in [0.717, 1.165) is 24.3 Å². The van der Waals surface area contributed by atoms with Crippen molar-refractivity contribution in [3.05, 3.63) is 29.8 Å². The van der Waals surface area contributed by atoms with Crippen molar-refractivity contribution in [2.24, 2.45) is 0 Å². The van der Waals surface area contributed by atoms with Crippen molar-refractivity contribution in [1.29, 1.82) is 0 Å². The minimum atomic E-state index is -0.703. The van der Waals surface area contributed by atoms with Crippen LogP contribution in [-0.4, -0.2) is 55.5 Å². The maximum absolute atomic E-state index is 6.34. The summed E-state index contributed by atoms with van der Waals surface area (Å²) in [6.07, 6.45) is 1.79. The Morgan fingerprint density at radius 1 is 0.935 bits per heavy atom. The third-order valence-corrected chi connectivity index (χ3v) is 5.81. The lowest BCUT2D eigenvalue weighted by Gasteiger charge is -2.29. The molecule has 0 bridgehead atoms. The van der Waals surface area contributed by atoms with Gasteiger partial charge in [-0.15, -0.1) is 0 Å². The number of ether oxygens (including phenoxy) is 7. The summed E-state index contributed by atoms with van der Waals surface area (Å²) in [5.41, 5.74) is 1.06. The Morgan fingerprint density at radius 3 is 2.39 bits per heavy atom. The zero-order valence-electron chi connectivity index (χ0n) is 19.3. The lowest BCUT2D eigenvalue weighted by molar-refractivity contribution is -0.236. The summed E-state index contributed by atoms with van der Waals surface area (Å²) >= 11 is 0. The molecule has 1 aromatic carbocycles. The van der Waals surface area contributed by atoms with Crippen molar-refractivity contribution >= 4 is 0 Å². The summed E-state index contributed by atoms with van der Waals surface area (Å²) in [6.45, 7) is 11.4. The van der Waals surface area contributed by atoms with Gasteiger partial charge in [0.1, 0.15) is 30.2 Å². The van der Waals surface area contributed by atoms with Crippen molar-refractivity contribution in [2.75, 3.05) is 13.2 Å². The lowest BCUT2D eigenvalue weighted by atomic mass is 10.1. The van der Waals surface area contributed by atoms with Crippen LogP contribution in [0.1, 0.15) is 59.4 Å². The fourth-order valence-electron chi connectivity index (χ4n) is 4.29. The predicted octanol–water partition coefficient (Wildman–Crippen LogP) is 4.17. The third-order valence-electron chi connectivity index (χ3n) is 5.81. The van der Waals surface area contributed by atoms with Gasteiger partial charge in [-0.25, -0.2) is 0 Å². The SMILES string of the molecule is CCCCCOc1ccc(CO[C@H]2[C@H]3OC(C)(C)O[C@@H]3O[C@@H]2[C@@H]2COC(C)(C)O2)cc1. The Balaban J connectivity index is 1.37. The fraction of sp³-hybridized carbons (Fsp3) is 0.750. The minimum Gasteiger partial charge on any atom is -0.494 e. The molecule has 0 aromatic heterocycles. The van der Waals surface area contributed by atoms with E-state index in [2.05, 4.69) is 6.92 Å². The Bertz CT molecular complexity index is 717. The van der Waals surface area contributed by atoms with Gasteiger partial charge in [0.2, 0.25) is 0 Å². The Morgan fingerprint density at radius 2 is 1.71 bits per heavy atom. The Labute approximate surface area is 185 Å². The summed E-state index contributed by atoms with van der Waals surface area (Å²) in [6, 6.07) is 8.05. The van der Waals surface area contributed by atoms with Crippen LogP contribution in [0.15, 0.2) is 24.3 Å². The monoisotopic (exact) mass is 436 g/mol. The molecule has 3 aliphatic heterocycles. The van der Waals surface area contributed by atoms with Gasteiger partial charge in [0.15, 0.2) is 17.9 Å². The number of unbranched alkanes of at least 4 members (excludes halogenated alkanes) is 2. The highest BCUT2D eigenvalue weighted by atomic mass is 16.8. The van der Waals surface area contributed by atoms with E-state index in [-0.39, 0.29) is 24.4 Å². The number of rotatable bonds is 9. The van der Waals surface area contributed by atoms with Crippen LogP contribution in [-0.2, 0) is 35.0 Å². The van der Waals surface area contributed by atoms with Crippen LogP contribution in [0.25, 0.3) is 0 Å². The first-order valence-electron chi connectivity index (χ1n) is 11.4. The molecular formula is C24H36O7. The van der Waals surface area contributed by atoms with E-state index in [0.29, 0.717) is 13.2 Å². The molecule has 0 N–H and O–H groups in total. The quantitative estimate of drug-likeness (QED) is 0.538. The zero-order valence-corrected chi connectivity index (χ0v) is 19.3. The van der Waals surface area contributed by atoms with E-state index in [9.17, 15) is 0 Å². The smallest absolute Gasteiger partial charge is 0.190 e. The molecule has 4 rings (SSSR count). The summed E-state index contributed by atoms with van der Waals surface area (Å²) in [4.78, 5) is 0. The molecule has 0 radical (unpaired) electrons. The van der Waals surface area contributed by atoms with E-state index in [1.807, 2.05) is 52.0 Å². The molecule has 174 valence electrons. The molecule has 3 heterocycles. The van der Waals surface area contributed by atoms with Crippen LogP contribution in [0.4, 0.5) is 0 Å². The molecule has 1 aromatic rings. The topological polar surface area (TPSA) is 64.6 Å². The largest absolute Gasteiger partial charge is 0.494 e. The van der Waals surface area contributed by atoms with Gasteiger partial charge in [0.25, 0.3) is 0 Å². The summed E-state index contributed by atoms with van der Waals surface area (Å²) in [5.74, 6) is -0.454. The van der Waals surface area contributed by atoms with E-state index in [4.69, 9.17) is 33.2 Å². The number of fused-ring (bicyclic) bond motifs is 1. The van der Waals surface area contributed by atoms with E-state index < -0.39 is 17.9 Å². The molecule has 0 unspecified atom stereocenters. The predicted molar refractivity (Wildman–Crippen MR) is 114 cm³/mol. The van der Waals surface area contributed by atoms with Gasteiger partial charge in [0.05, 0.1) is 19.8 Å². The molecule has 0 aliphatic carbocycles. The second-order valence-corrected chi connectivity index (χ2v) is 9.41. The molecule has 0 spiro atoms.